The average molecular weight is 387 g/mol. The maximum Gasteiger partial charge on any atom is 0.264 e. The largest absolute Gasteiger partial charge is 0.497 e. The van der Waals surface area contributed by atoms with Gasteiger partial charge in [-0.1, -0.05) is 37.7 Å². The molecule has 2 aliphatic heterocycles. The number of rotatable bonds is 5. The zero-order valence-corrected chi connectivity index (χ0v) is 16.9. The van der Waals surface area contributed by atoms with Crippen LogP contribution in [0.5, 0.6) is 5.75 Å². The van der Waals surface area contributed by atoms with Crippen LogP contribution in [0.15, 0.2) is 29.4 Å². The molecule has 1 fully saturated rings. The number of aryl methyl sites for hydroxylation is 1. The predicted octanol–water partition coefficient (Wildman–Crippen LogP) is 3.44. The first-order valence-corrected chi connectivity index (χ1v) is 10.5. The van der Waals surface area contributed by atoms with Gasteiger partial charge in [0.05, 0.1) is 13.2 Å². The lowest BCUT2D eigenvalue weighted by Crippen LogP contribution is -2.43. The van der Waals surface area contributed by atoms with E-state index in [-0.39, 0.29) is 17.2 Å². The van der Waals surface area contributed by atoms with E-state index in [0.29, 0.717) is 5.92 Å². The first-order valence-electron chi connectivity index (χ1n) is 9.65. The van der Waals surface area contributed by atoms with E-state index in [1.165, 1.54) is 17.5 Å². The number of carbonyl (C=O) groups excluding carboxylic acids is 1. The topological polar surface area (TPSA) is 60.3 Å². The minimum absolute atomic E-state index is 0.0183. The number of likely N-dealkylation sites (tertiary alicyclic amines) is 1. The van der Waals surface area contributed by atoms with Crippen molar-refractivity contribution in [3.05, 3.63) is 35.7 Å². The minimum Gasteiger partial charge on any atom is -0.497 e. The summed E-state index contributed by atoms with van der Waals surface area (Å²) in [5, 5.41) is 4.91. The van der Waals surface area contributed by atoms with E-state index in [0.717, 1.165) is 41.8 Å². The van der Waals surface area contributed by atoms with Crippen molar-refractivity contribution in [2.24, 2.45) is 5.92 Å². The molecule has 3 heterocycles. The van der Waals surface area contributed by atoms with Crippen molar-refractivity contribution in [1.82, 2.24) is 19.7 Å². The molecule has 6 nitrogen and oxygen atoms in total. The van der Waals surface area contributed by atoms with E-state index >= 15 is 0 Å². The fraction of sp³-hybridized carbons (Fsp3) is 0.550. The van der Waals surface area contributed by atoms with Crippen LogP contribution in [0, 0.1) is 5.92 Å². The van der Waals surface area contributed by atoms with Crippen LogP contribution in [0.1, 0.15) is 48.9 Å². The van der Waals surface area contributed by atoms with E-state index in [4.69, 9.17) is 4.74 Å². The number of aromatic nitrogens is 3. The Bertz CT molecular complexity index is 820. The maximum absolute atomic E-state index is 13.2. The summed E-state index contributed by atoms with van der Waals surface area (Å²) in [7, 11) is 1.67. The highest BCUT2D eigenvalue weighted by atomic mass is 32.2. The molecule has 2 aromatic rings. The Morgan fingerprint density at radius 3 is 2.74 bits per heavy atom. The molecule has 0 aliphatic carbocycles. The van der Waals surface area contributed by atoms with Gasteiger partial charge in [0.25, 0.3) is 5.91 Å². The number of ether oxygens (including phenoxy) is 1. The van der Waals surface area contributed by atoms with Crippen LogP contribution in [0.3, 0.4) is 0 Å². The molecule has 0 N–H and O–H groups in total. The number of hydrogen-bond acceptors (Lipinski definition) is 6. The van der Waals surface area contributed by atoms with Crippen molar-refractivity contribution < 1.29 is 9.53 Å². The first-order chi connectivity index (χ1) is 13.1. The lowest BCUT2D eigenvalue weighted by Gasteiger charge is -2.39. The highest BCUT2D eigenvalue weighted by molar-refractivity contribution is 8.00. The second kappa shape index (κ2) is 7.64. The summed E-state index contributed by atoms with van der Waals surface area (Å²) in [5.74, 6) is 2.25. The Labute approximate surface area is 164 Å². The third kappa shape index (κ3) is 3.50. The van der Waals surface area contributed by atoms with Crippen molar-refractivity contribution >= 4 is 17.7 Å². The van der Waals surface area contributed by atoms with Crippen LogP contribution < -0.4 is 4.74 Å². The van der Waals surface area contributed by atoms with E-state index in [1.807, 2.05) is 19.1 Å². The monoisotopic (exact) mass is 386 g/mol. The molecule has 4 rings (SSSR count). The Morgan fingerprint density at radius 2 is 2.11 bits per heavy atom. The molecular weight excluding hydrogens is 360 g/mol. The molecule has 0 spiro atoms. The summed E-state index contributed by atoms with van der Waals surface area (Å²) < 4.78 is 6.82. The number of hydrogen-bond donors (Lipinski definition) is 0. The first kappa shape index (κ1) is 18.5. The molecule has 3 unspecified atom stereocenters. The van der Waals surface area contributed by atoms with Gasteiger partial charge in [0, 0.05) is 13.0 Å². The molecule has 0 bridgehead atoms. The molecule has 7 heteroatoms. The number of carbonyl (C=O) groups is 1. The zero-order valence-electron chi connectivity index (χ0n) is 16.1. The van der Waals surface area contributed by atoms with E-state index < -0.39 is 0 Å². The van der Waals surface area contributed by atoms with Gasteiger partial charge < -0.3 is 4.74 Å². The van der Waals surface area contributed by atoms with Crippen molar-refractivity contribution in [1.29, 1.82) is 0 Å². The second-order valence-electron chi connectivity index (χ2n) is 7.41. The van der Waals surface area contributed by atoms with Gasteiger partial charge in [-0.05, 0) is 43.0 Å². The van der Waals surface area contributed by atoms with E-state index in [2.05, 4.69) is 34.0 Å². The van der Waals surface area contributed by atoms with Crippen LogP contribution in [-0.2, 0) is 6.42 Å². The number of piperidine rings is 1. The fourth-order valence-corrected chi connectivity index (χ4v) is 5.32. The summed E-state index contributed by atoms with van der Waals surface area (Å²) in [6.07, 6.45) is 3.16. The number of nitrogens with zero attached hydrogens (tertiary/aromatic N) is 4. The van der Waals surface area contributed by atoms with Gasteiger partial charge >= 0.3 is 0 Å². The Kier molecular flexibility index (Phi) is 5.23. The molecule has 2 aliphatic rings. The minimum atomic E-state index is -0.218. The molecule has 144 valence electrons. The molecular formula is C20H26N4O2S. The summed E-state index contributed by atoms with van der Waals surface area (Å²) in [4.78, 5) is 20.2. The van der Waals surface area contributed by atoms with Crippen LogP contribution in [-0.4, -0.2) is 51.0 Å². The summed E-state index contributed by atoms with van der Waals surface area (Å²) in [6, 6.07) is 8.15. The SMILES string of the molecule is CCc1nc2n(n1)C(=O)C(C(c1ccc(OC)cc1)N1CCCC(C)C1)S2. The standard InChI is InChI=1S/C20H26N4O2S/c1-4-16-21-20-24(22-16)19(25)18(27-20)17(23-11-5-6-13(2)12-23)14-7-9-15(26-3)10-8-14/h7-10,13,17-18H,4-6,11-12H2,1-3H3. The quantitative estimate of drug-likeness (QED) is 0.785. The molecule has 3 atom stereocenters. The van der Waals surface area contributed by atoms with Crippen LogP contribution in [0.25, 0.3) is 0 Å². The molecule has 0 saturated carbocycles. The number of methoxy groups -OCH3 is 1. The van der Waals surface area contributed by atoms with Gasteiger partial charge in [0.15, 0.2) is 11.0 Å². The lowest BCUT2D eigenvalue weighted by atomic mass is 9.94. The van der Waals surface area contributed by atoms with Gasteiger partial charge in [0.2, 0.25) is 0 Å². The highest BCUT2D eigenvalue weighted by Crippen LogP contribution is 2.42. The van der Waals surface area contributed by atoms with E-state index in [1.54, 1.807) is 18.9 Å². The maximum atomic E-state index is 13.2. The van der Waals surface area contributed by atoms with Crippen molar-refractivity contribution in [3.63, 3.8) is 0 Å². The Hall–Kier alpha value is -1.86. The third-order valence-corrected chi connectivity index (χ3v) is 6.64. The fourth-order valence-electron chi connectivity index (χ4n) is 4.05. The average Bonchev–Trinajstić information content (AvgIpc) is 3.22. The van der Waals surface area contributed by atoms with Gasteiger partial charge in [-0.2, -0.15) is 4.68 Å². The van der Waals surface area contributed by atoms with Crippen molar-refractivity contribution in [2.45, 2.75) is 49.6 Å². The number of fused-ring (bicyclic) bond motifs is 1. The zero-order chi connectivity index (χ0) is 19.0. The molecule has 0 radical (unpaired) electrons. The van der Waals surface area contributed by atoms with Gasteiger partial charge in [0.1, 0.15) is 11.0 Å². The van der Waals surface area contributed by atoms with Gasteiger partial charge in [-0.15, -0.1) is 5.10 Å². The molecule has 1 aromatic heterocycles. The third-order valence-electron chi connectivity index (χ3n) is 5.45. The normalized spacial score (nSPS) is 24.0. The number of thioether (sulfide) groups is 1. The van der Waals surface area contributed by atoms with Crippen LogP contribution in [0.4, 0.5) is 0 Å². The lowest BCUT2D eigenvalue weighted by molar-refractivity contribution is 0.0787. The molecule has 27 heavy (non-hydrogen) atoms. The smallest absolute Gasteiger partial charge is 0.264 e. The molecule has 1 aromatic carbocycles. The Morgan fingerprint density at radius 1 is 1.33 bits per heavy atom. The van der Waals surface area contributed by atoms with E-state index in [9.17, 15) is 4.79 Å². The Balaban J connectivity index is 1.67. The summed E-state index contributed by atoms with van der Waals surface area (Å²) >= 11 is 1.56. The molecule has 0 amide bonds. The summed E-state index contributed by atoms with van der Waals surface area (Å²) in [6.45, 7) is 6.33. The summed E-state index contributed by atoms with van der Waals surface area (Å²) in [5.41, 5.74) is 1.15. The van der Waals surface area contributed by atoms with Crippen LogP contribution >= 0.6 is 11.8 Å². The highest BCUT2D eigenvalue weighted by Gasteiger charge is 2.43. The van der Waals surface area contributed by atoms with Crippen molar-refractivity contribution in [3.8, 4) is 5.75 Å². The van der Waals surface area contributed by atoms with Crippen molar-refractivity contribution in [2.75, 3.05) is 20.2 Å². The molecule has 1 saturated heterocycles. The number of benzene rings is 1. The second-order valence-corrected chi connectivity index (χ2v) is 8.52. The van der Waals surface area contributed by atoms with Crippen LogP contribution in [0.2, 0.25) is 0 Å². The van der Waals surface area contributed by atoms with Gasteiger partial charge in [-0.25, -0.2) is 4.98 Å². The predicted molar refractivity (Wildman–Crippen MR) is 105 cm³/mol. The van der Waals surface area contributed by atoms with Gasteiger partial charge in [-0.3, -0.25) is 9.69 Å².